The maximum absolute atomic E-state index is 11.7. The number of urea groups is 1. The topological polar surface area (TPSA) is 90.5 Å². The Kier molecular flexibility index (Phi) is 5.45. The minimum absolute atomic E-state index is 0.125. The Morgan fingerprint density at radius 2 is 1.95 bits per heavy atom. The summed E-state index contributed by atoms with van der Waals surface area (Å²) in [4.78, 5) is 26.9. The van der Waals surface area contributed by atoms with Crippen molar-refractivity contribution in [3.05, 3.63) is 5.01 Å². The van der Waals surface area contributed by atoms with Crippen LogP contribution in [0.15, 0.2) is 0 Å². The molecule has 0 saturated carbocycles. The Morgan fingerprint density at radius 3 is 2.52 bits per heavy atom. The van der Waals surface area contributed by atoms with Crippen molar-refractivity contribution in [3.63, 3.8) is 0 Å². The lowest BCUT2D eigenvalue weighted by atomic mass is 10.3. The number of rotatable bonds is 4. The third kappa shape index (κ3) is 4.94. The highest BCUT2D eigenvalue weighted by Crippen LogP contribution is 2.12. The van der Waals surface area contributed by atoms with Crippen LogP contribution in [0.25, 0.3) is 0 Å². The molecule has 0 aliphatic carbocycles. The molecule has 1 aliphatic rings. The molecule has 0 radical (unpaired) electrons. The zero-order chi connectivity index (χ0) is 15.2. The number of anilines is 1. The van der Waals surface area contributed by atoms with Crippen LogP contribution in [0, 0.1) is 6.92 Å². The molecule has 0 aromatic carbocycles. The van der Waals surface area contributed by atoms with Crippen LogP contribution in [0.1, 0.15) is 11.9 Å². The second-order valence-electron chi connectivity index (χ2n) is 4.85. The minimum atomic E-state index is -0.270. The molecular weight excluding hydrogens is 292 g/mol. The summed E-state index contributed by atoms with van der Waals surface area (Å²) < 4.78 is 0. The van der Waals surface area contributed by atoms with Crippen LogP contribution in [0.4, 0.5) is 9.93 Å². The van der Waals surface area contributed by atoms with Crippen LogP contribution in [0.2, 0.25) is 0 Å². The van der Waals surface area contributed by atoms with E-state index in [1.807, 2.05) is 11.8 Å². The van der Waals surface area contributed by atoms with E-state index in [4.69, 9.17) is 0 Å². The fourth-order valence-electron chi connectivity index (χ4n) is 2.10. The van der Waals surface area contributed by atoms with E-state index in [-0.39, 0.29) is 11.9 Å². The van der Waals surface area contributed by atoms with Crippen LogP contribution in [-0.4, -0.2) is 71.2 Å². The summed E-state index contributed by atoms with van der Waals surface area (Å²) in [5, 5.41) is 14.4. The molecule has 9 heteroatoms. The highest BCUT2D eigenvalue weighted by atomic mass is 32.1. The second-order valence-corrected chi connectivity index (χ2v) is 6.04. The quantitative estimate of drug-likeness (QED) is 0.825. The predicted octanol–water partition coefficient (Wildman–Crippen LogP) is 0.132. The number of carbonyl (C=O) groups is 2. The molecule has 1 aliphatic heterocycles. The number of nitrogens with zero attached hydrogens (tertiary/aromatic N) is 4. The molecule has 2 N–H and O–H groups in total. The van der Waals surface area contributed by atoms with Gasteiger partial charge in [0.05, 0.1) is 0 Å². The Hall–Kier alpha value is -1.74. The molecule has 8 nitrogen and oxygen atoms in total. The zero-order valence-corrected chi connectivity index (χ0v) is 13.1. The van der Waals surface area contributed by atoms with Crippen molar-refractivity contribution in [3.8, 4) is 0 Å². The monoisotopic (exact) mass is 312 g/mol. The first-order chi connectivity index (χ1) is 10.0. The van der Waals surface area contributed by atoms with E-state index in [9.17, 15) is 9.59 Å². The van der Waals surface area contributed by atoms with E-state index in [0.717, 1.165) is 37.7 Å². The predicted molar refractivity (Wildman–Crippen MR) is 80.4 cm³/mol. The first-order valence-electron chi connectivity index (χ1n) is 6.87. The van der Waals surface area contributed by atoms with Crippen LogP contribution >= 0.6 is 11.3 Å². The number of amides is 3. The van der Waals surface area contributed by atoms with E-state index in [0.29, 0.717) is 11.7 Å². The molecule has 2 rings (SSSR count). The second kappa shape index (κ2) is 7.32. The summed E-state index contributed by atoms with van der Waals surface area (Å²) in [5.41, 5.74) is 0. The van der Waals surface area contributed by atoms with E-state index in [2.05, 4.69) is 25.7 Å². The van der Waals surface area contributed by atoms with Gasteiger partial charge < -0.3 is 10.2 Å². The summed E-state index contributed by atoms with van der Waals surface area (Å²) >= 11 is 1.34. The van der Waals surface area contributed by atoms with Gasteiger partial charge in [0, 0.05) is 46.2 Å². The number of aryl methyl sites for hydroxylation is 1. The normalized spacial score (nSPS) is 15.8. The van der Waals surface area contributed by atoms with Crippen molar-refractivity contribution in [2.45, 2.75) is 13.8 Å². The number of nitrogens with one attached hydrogen (secondary N) is 2. The highest BCUT2D eigenvalue weighted by Gasteiger charge is 2.18. The third-order valence-electron chi connectivity index (χ3n) is 3.28. The first-order valence-corrected chi connectivity index (χ1v) is 7.69. The molecular formula is C12H20N6O2S. The molecule has 1 aromatic rings. The summed E-state index contributed by atoms with van der Waals surface area (Å²) in [7, 11) is 0. The molecule has 3 amide bonds. The van der Waals surface area contributed by atoms with Crippen molar-refractivity contribution in [2.75, 3.05) is 44.6 Å². The van der Waals surface area contributed by atoms with Crippen LogP contribution in [0.5, 0.6) is 0 Å². The molecule has 1 fully saturated rings. The van der Waals surface area contributed by atoms with Gasteiger partial charge in [0.25, 0.3) is 0 Å². The fraction of sp³-hybridized carbons (Fsp3) is 0.667. The third-order valence-corrected chi connectivity index (χ3v) is 4.03. The van der Waals surface area contributed by atoms with Crippen LogP contribution in [-0.2, 0) is 4.79 Å². The molecule has 1 aromatic heterocycles. The number of hydrogen-bond acceptors (Lipinski definition) is 6. The fourth-order valence-corrected chi connectivity index (χ4v) is 2.69. The molecule has 0 bridgehead atoms. The highest BCUT2D eigenvalue weighted by molar-refractivity contribution is 7.15. The van der Waals surface area contributed by atoms with E-state index >= 15 is 0 Å². The lowest BCUT2D eigenvalue weighted by Crippen LogP contribution is -2.49. The minimum Gasteiger partial charge on any atom is -0.340 e. The Labute approximate surface area is 127 Å². The Balaban J connectivity index is 1.61. The van der Waals surface area contributed by atoms with Gasteiger partial charge in [0.2, 0.25) is 11.0 Å². The molecule has 21 heavy (non-hydrogen) atoms. The van der Waals surface area contributed by atoms with E-state index in [1.165, 1.54) is 11.3 Å². The molecule has 2 heterocycles. The molecule has 0 unspecified atom stereocenters. The Morgan fingerprint density at radius 1 is 1.24 bits per heavy atom. The number of carbonyl (C=O) groups excluding carboxylic acids is 2. The first kappa shape index (κ1) is 15.6. The lowest BCUT2D eigenvalue weighted by molar-refractivity contribution is -0.130. The van der Waals surface area contributed by atoms with E-state index < -0.39 is 0 Å². The van der Waals surface area contributed by atoms with Gasteiger partial charge in [-0.05, 0) is 6.92 Å². The summed E-state index contributed by atoms with van der Waals surface area (Å²) in [6.45, 7) is 7.96. The summed E-state index contributed by atoms with van der Waals surface area (Å²) in [6, 6.07) is -0.270. The molecule has 0 spiro atoms. The Bertz CT molecular complexity index is 498. The van der Waals surface area contributed by atoms with Crippen molar-refractivity contribution in [2.24, 2.45) is 0 Å². The number of aromatic nitrogens is 2. The van der Waals surface area contributed by atoms with Gasteiger partial charge in [-0.1, -0.05) is 11.3 Å². The van der Waals surface area contributed by atoms with Crippen LogP contribution in [0.3, 0.4) is 0 Å². The maximum Gasteiger partial charge on any atom is 0.321 e. The molecule has 0 atom stereocenters. The van der Waals surface area contributed by atoms with Gasteiger partial charge in [0.15, 0.2) is 0 Å². The van der Waals surface area contributed by atoms with Gasteiger partial charge in [-0.15, -0.1) is 10.2 Å². The van der Waals surface area contributed by atoms with Gasteiger partial charge in [-0.2, -0.15) is 0 Å². The molecule has 1 saturated heterocycles. The standard InChI is InChI=1S/C12H20N6O2S/c1-9-15-16-12(21-9)14-11(20)13-3-4-17-5-7-18(8-6-17)10(2)19/h3-8H2,1-2H3,(H2,13,14,16,20). The largest absolute Gasteiger partial charge is 0.340 e. The SMILES string of the molecule is CC(=O)N1CCN(CCNC(=O)Nc2nnc(C)s2)CC1. The smallest absolute Gasteiger partial charge is 0.321 e. The average Bonchev–Trinajstić information content (AvgIpc) is 2.84. The number of piperazine rings is 1. The summed E-state index contributed by atoms with van der Waals surface area (Å²) in [5.74, 6) is 0.125. The van der Waals surface area contributed by atoms with Gasteiger partial charge >= 0.3 is 6.03 Å². The van der Waals surface area contributed by atoms with Crippen LogP contribution < -0.4 is 10.6 Å². The average molecular weight is 312 g/mol. The van der Waals surface area contributed by atoms with Crippen molar-refractivity contribution in [1.29, 1.82) is 0 Å². The summed E-state index contributed by atoms with van der Waals surface area (Å²) in [6.07, 6.45) is 0. The number of hydrogen-bond donors (Lipinski definition) is 2. The van der Waals surface area contributed by atoms with Crippen molar-refractivity contribution < 1.29 is 9.59 Å². The lowest BCUT2D eigenvalue weighted by Gasteiger charge is -2.34. The molecule has 116 valence electrons. The maximum atomic E-state index is 11.7. The van der Waals surface area contributed by atoms with Crippen molar-refractivity contribution >= 4 is 28.4 Å². The van der Waals surface area contributed by atoms with Gasteiger partial charge in [-0.25, -0.2) is 4.79 Å². The van der Waals surface area contributed by atoms with E-state index in [1.54, 1.807) is 6.92 Å². The van der Waals surface area contributed by atoms with Crippen molar-refractivity contribution in [1.82, 2.24) is 25.3 Å². The van der Waals surface area contributed by atoms with Gasteiger partial charge in [-0.3, -0.25) is 15.0 Å². The zero-order valence-electron chi connectivity index (χ0n) is 12.3. The van der Waals surface area contributed by atoms with Gasteiger partial charge in [0.1, 0.15) is 5.01 Å².